The number of nitrogens with zero attached hydrogens (tertiary/aromatic N) is 2. The van der Waals surface area contributed by atoms with Crippen LogP contribution in [0.25, 0.3) is 44.5 Å². The molecule has 0 saturated carbocycles. The van der Waals surface area contributed by atoms with Crippen LogP contribution in [0.5, 0.6) is 0 Å². The first-order valence-electron chi connectivity index (χ1n) is 25.8. The lowest BCUT2D eigenvalue weighted by atomic mass is 9.43. The first-order valence-corrected chi connectivity index (χ1v) is 25.8. The van der Waals surface area contributed by atoms with E-state index in [-0.39, 0.29) is 33.9 Å². The Morgan fingerprint density at radius 2 is 0.986 bits per heavy atom. The van der Waals surface area contributed by atoms with E-state index in [0.29, 0.717) is 0 Å². The Labute approximate surface area is 418 Å². The number of benzene rings is 8. The summed E-state index contributed by atoms with van der Waals surface area (Å²) in [4.78, 5) is 5.44. The third kappa shape index (κ3) is 6.74. The summed E-state index contributed by atoms with van der Waals surface area (Å²) in [5.41, 5.74) is 27.4. The lowest BCUT2D eigenvalue weighted by Crippen LogP contribution is -2.62. The Morgan fingerprint density at radius 3 is 1.64 bits per heavy atom. The van der Waals surface area contributed by atoms with Crippen LogP contribution in [-0.2, 0) is 27.1 Å². The molecule has 70 heavy (non-hydrogen) atoms. The lowest BCUT2D eigenvalue weighted by molar-refractivity contribution is 0.332. The molecule has 8 aromatic rings. The minimum atomic E-state index is -0.193. The highest BCUT2D eigenvalue weighted by Gasteiger charge is 2.49. The molecule has 0 amide bonds. The van der Waals surface area contributed by atoms with Crippen molar-refractivity contribution in [3.05, 3.63) is 197 Å². The first-order chi connectivity index (χ1) is 33.2. The summed E-state index contributed by atoms with van der Waals surface area (Å²) in [6.45, 7) is 28.6. The second-order valence-electron chi connectivity index (χ2n) is 24.9. The lowest BCUT2D eigenvalue weighted by Gasteiger charge is -2.48. The fraction of sp³-hybridized carbons (Fsp3) is 0.284. The molecule has 0 fully saturated rings. The molecule has 0 unspecified atom stereocenters. The van der Waals surface area contributed by atoms with Gasteiger partial charge in [0.05, 0.1) is 5.69 Å². The molecule has 0 bridgehead atoms. The zero-order valence-corrected chi connectivity index (χ0v) is 43.5. The van der Waals surface area contributed by atoms with Crippen molar-refractivity contribution in [3.63, 3.8) is 0 Å². The molecule has 0 saturated heterocycles. The highest BCUT2D eigenvalue weighted by Crippen LogP contribution is 2.56. The van der Waals surface area contributed by atoms with E-state index in [1.54, 1.807) is 0 Å². The van der Waals surface area contributed by atoms with Gasteiger partial charge in [-0.05, 0) is 167 Å². The van der Waals surface area contributed by atoms with Crippen LogP contribution in [0.3, 0.4) is 0 Å². The minimum Gasteiger partial charge on any atom is -0.376 e. The van der Waals surface area contributed by atoms with Gasteiger partial charge in [0.1, 0.15) is 0 Å². The van der Waals surface area contributed by atoms with Gasteiger partial charge in [0.2, 0.25) is 0 Å². The largest absolute Gasteiger partial charge is 0.376 e. The van der Waals surface area contributed by atoms with Gasteiger partial charge in [-0.1, -0.05) is 192 Å². The van der Waals surface area contributed by atoms with E-state index in [4.69, 9.17) is 0 Å². The molecule has 2 aliphatic heterocycles. The Bertz CT molecular complexity index is 3420. The SMILES string of the molecule is CC(C)(C)c1ccc(N2B3c4cc5c(cc4N(c4ccc(C(C)(C)C)cc4-c4ccccc4)c4cc(-c6ccccc6)cc(c43)-c3cc4c(cc32)C(C)(C)CCC4(C)C)C(C)(C)c2ccccc2-5)cc1. The number of hydrogen-bond donors (Lipinski definition) is 0. The maximum absolute atomic E-state index is 2.75. The van der Waals surface area contributed by atoms with Crippen LogP contribution in [-0.4, -0.2) is 6.85 Å². The Kier molecular flexibility index (Phi) is 9.70. The monoisotopic (exact) mass is 911 g/mol. The fourth-order valence-corrected chi connectivity index (χ4v) is 12.7. The van der Waals surface area contributed by atoms with E-state index >= 15 is 0 Å². The van der Waals surface area contributed by atoms with Gasteiger partial charge in [-0.15, -0.1) is 0 Å². The van der Waals surface area contributed by atoms with Gasteiger partial charge in [0, 0.05) is 39.3 Å². The van der Waals surface area contributed by atoms with Crippen molar-refractivity contribution in [2.75, 3.05) is 9.71 Å². The van der Waals surface area contributed by atoms with Crippen LogP contribution in [0.1, 0.15) is 129 Å². The second-order valence-corrected chi connectivity index (χ2v) is 24.9. The quantitative estimate of drug-likeness (QED) is 0.162. The molecule has 4 aliphatic rings. The van der Waals surface area contributed by atoms with E-state index in [1.807, 2.05) is 0 Å². The van der Waals surface area contributed by atoms with E-state index in [2.05, 4.69) is 257 Å². The van der Waals surface area contributed by atoms with Crippen LogP contribution in [0.2, 0.25) is 0 Å². The molecule has 12 rings (SSSR count). The van der Waals surface area contributed by atoms with E-state index in [1.165, 1.54) is 117 Å². The standard InChI is InChI=1S/C67H67BN2/c1-63(2,3)45-27-30-47(31-28-45)70-59-41-56-55(65(7,8)33-34-66(56,9)10)38-51(59)52-35-44(42-21-15-13-16-22-42)36-61-62(52)68(70)57-39-50-48-25-19-20-26-53(48)67(11,12)54(50)40-60(57)69(61)58-32-29-46(64(4,5)6)37-49(58)43-23-17-14-18-24-43/h13-32,35-41H,33-34H2,1-12H3. The third-order valence-electron chi connectivity index (χ3n) is 17.0. The number of rotatable bonds is 4. The molecule has 3 heteroatoms. The molecule has 0 radical (unpaired) electrons. The molecule has 2 heterocycles. The van der Waals surface area contributed by atoms with Crippen LogP contribution < -0.4 is 20.6 Å². The molecule has 8 aromatic carbocycles. The molecule has 2 aliphatic carbocycles. The average molecular weight is 911 g/mol. The normalized spacial score (nSPS) is 16.7. The molecular weight excluding hydrogens is 844 g/mol. The van der Waals surface area contributed by atoms with Gasteiger partial charge in [-0.3, -0.25) is 0 Å². The molecular formula is C67H67BN2. The van der Waals surface area contributed by atoms with Gasteiger partial charge in [-0.25, -0.2) is 0 Å². The summed E-state index contributed by atoms with van der Waals surface area (Å²) in [7, 11) is 0. The number of hydrogen-bond acceptors (Lipinski definition) is 2. The molecule has 348 valence electrons. The molecule has 0 spiro atoms. The predicted molar refractivity (Wildman–Crippen MR) is 301 cm³/mol. The van der Waals surface area contributed by atoms with Crippen molar-refractivity contribution in [1.82, 2.24) is 0 Å². The van der Waals surface area contributed by atoms with E-state index in [9.17, 15) is 0 Å². The van der Waals surface area contributed by atoms with Crippen molar-refractivity contribution in [2.45, 2.75) is 123 Å². The summed E-state index contributed by atoms with van der Waals surface area (Å²) < 4.78 is 0. The number of fused-ring (bicyclic) bond motifs is 8. The zero-order chi connectivity index (χ0) is 48.9. The van der Waals surface area contributed by atoms with Crippen molar-refractivity contribution >= 4 is 46.2 Å². The van der Waals surface area contributed by atoms with Crippen LogP contribution in [0.4, 0.5) is 28.4 Å². The molecule has 0 atom stereocenters. The van der Waals surface area contributed by atoms with Gasteiger partial charge in [0.25, 0.3) is 0 Å². The number of anilines is 5. The average Bonchev–Trinajstić information content (AvgIpc) is 3.56. The first kappa shape index (κ1) is 44.6. The highest BCUT2D eigenvalue weighted by atomic mass is 15.2. The van der Waals surface area contributed by atoms with Gasteiger partial charge in [0.15, 0.2) is 0 Å². The fourth-order valence-electron chi connectivity index (χ4n) is 12.7. The van der Waals surface area contributed by atoms with E-state index in [0.717, 1.165) is 12.8 Å². The summed E-state index contributed by atoms with van der Waals surface area (Å²) in [5.74, 6) is 0. The van der Waals surface area contributed by atoms with Crippen LogP contribution in [0, 0.1) is 0 Å². The third-order valence-corrected chi connectivity index (χ3v) is 17.0. The maximum atomic E-state index is 2.75. The Balaban J connectivity index is 1.26. The Hall–Kier alpha value is -6.58. The van der Waals surface area contributed by atoms with Crippen molar-refractivity contribution < 1.29 is 0 Å². The van der Waals surface area contributed by atoms with Crippen LogP contribution in [0.15, 0.2) is 164 Å². The summed E-state index contributed by atoms with van der Waals surface area (Å²) in [6.07, 6.45) is 2.32. The summed E-state index contributed by atoms with van der Waals surface area (Å²) in [6, 6.07) is 63.8. The smallest absolute Gasteiger partial charge is 0.333 e. The van der Waals surface area contributed by atoms with Crippen molar-refractivity contribution in [2.24, 2.45) is 0 Å². The van der Waals surface area contributed by atoms with Crippen molar-refractivity contribution in [3.8, 4) is 44.5 Å². The van der Waals surface area contributed by atoms with E-state index < -0.39 is 0 Å². The Morgan fingerprint density at radius 1 is 0.400 bits per heavy atom. The van der Waals surface area contributed by atoms with Gasteiger partial charge >= 0.3 is 6.85 Å². The maximum Gasteiger partial charge on any atom is 0.333 e. The minimum absolute atomic E-state index is 0.0261. The summed E-state index contributed by atoms with van der Waals surface area (Å²) >= 11 is 0. The van der Waals surface area contributed by atoms with Gasteiger partial charge in [-0.2, -0.15) is 0 Å². The van der Waals surface area contributed by atoms with Crippen molar-refractivity contribution in [1.29, 1.82) is 0 Å². The van der Waals surface area contributed by atoms with Gasteiger partial charge < -0.3 is 9.71 Å². The molecule has 0 N–H and O–H groups in total. The highest BCUT2D eigenvalue weighted by molar-refractivity contribution is 6.93. The zero-order valence-electron chi connectivity index (χ0n) is 43.5. The summed E-state index contributed by atoms with van der Waals surface area (Å²) in [5, 5.41) is 0. The van der Waals surface area contributed by atoms with Crippen LogP contribution >= 0.6 is 0 Å². The second kappa shape index (κ2) is 15.2. The predicted octanol–water partition coefficient (Wildman–Crippen LogP) is 17.0. The molecule has 0 aromatic heterocycles. The topological polar surface area (TPSA) is 6.48 Å². The molecule has 2 nitrogen and oxygen atoms in total.